The van der Waals surface area contributed by atoms with Crippen LogP contribution in [0.25, 0.3) is 5.65 Å². The summed E-state index contributed by atoms with van der Waals surface area (Å²) in [5.41, 5.74) is 2.21. The van der Waals surface area contributed by atoms with Crippen LogP contribution in [0.3, 0.4) is 0 Å². The lowest BCUT2D eigenvalue weighted by atomic mass is 9.91. The summed E-state index contributed by atoms with van der Waals surface area (Å²) in [6.45, 7) is 1.83. The van der Waals surface area contributed by atoms with Gasteiger partial charge in [0.2, 0.25) is 12.7 Å². The zero-order valence-electron chi connectivity index (χ0n) is 20.7. The number of hydrogen-bond acceptors (Lipinski definition) is 5. The average molecular weight is 557 g/mol. The normalized spacial score (nSPS) is 16.1. The van der Waals surface area contributed by atoms with E-state index in [2.05, 4.69) is 4.98 Å². The van der Waals surface area contributed by atoms with Crippen LogP contribution in [0.5, 0.6) is 11.5 Å². The summed E-state index contributed by atoms with van der Waals surface area (Å²) in [7, 11) is 0. The van der Waals surface area contributed by atoms with Gasteiger partial charge in [-0.25, -0.2) is 4.98 Å². The third kappa shape index (κ3) is 5.08. The van der Waals surface area contributed by atoms with Crippen LogP contribution in [0.4, 0.5) is 18.9 Å². The summed E-state index contributed by atoms with van der Waals surface area (Å²) in [6, 6.07) is 14.5. The molecule has 0 aliphatic carbocycles. The Bertz CT molecular complexity index is 1530. The van der Waals surface area contributed by atoms with Crippen molar-refractivity contribution in [3.05, 3.63) is 88.8 Å². The first-order valence-corrected chi connectivity index (χ1v) is 12.9. The van der Waals surface area contributed by atoms with Crippen LogP contribution in [0, 0.1) is 0 Å². The van der Waals surface area contributed by atoms with Gasteiger partial charge in [-0.3, -0.25) is 4.79 Å². The number of rotatable bonds is 5. The molecule has 0 spiro atoms. The van der Waals surface area contributed by atoms with Gasteiger partial charge in [0.25, 0.3) is 0 Å². The SMILES string of the molecule is O=C(CC(c1ccc2c(c1)OCO2)c1cnc2ccc(Cl)cn12)N1CCN(c2cccc(C(F)(F)F)c2)CC1. The van der Waals surface area contributed by atoms with Gasteiger partial charge in [0.05, 0.1) is 16.3 Å². The molecule has 0 bridgehead atoms. The van der Waals surface area contributed by atoms with Crippen LogP contribution in [0.1, 0.15) is 29.2 Å². The fourth-order valence-corrected chi connectivity index (χ4v) is 5.31. The fourth-order valence-electron chi connectivity index (χ4n) is 5.15. The topological polar surface area (TPSA) is 59.3 Å². The number of halogens is 4. The summed E-state index contributed by atoms with van der Waals surface area (Å²) in [5, 5.41) is 0.545. The molecule has 4 heterocycles. The minimum atomic E-state index is -4.40. The van der Waals surface area contributed by atoms with E-state index in [1.807, 2.05) is 33.6 Å². The summed E-state index contributed by atoms with van der Waals surface area (Å²) < 4.78 is 52.4. The summed E-state index contributed by atoms with van der Waals surface area (Å²) >= 11 is 6.27. The number of benzene rings is 2. The number of ether oxygens (including phenoxy) is 2. The Hall–Kier alpha value is -3.92. The molecule has 6 rings (SSSR count). The molecule has 2 aromatic carbocycles. The molecule has 7 nitrogen and oxygen atoms in total. The Morgan fingerprint density at radius 1 is 1.00 bits per heavy atom. The van der Waals surface area contributed by atoms with E-state index in [4.69, 9.17) is 21.1 Å². The van der Waals surface area contributed by atoms with Crippen molar-refractivity contribution in [2.24, 2.45) is 0 Å². The highest BCUT2D eigenvalue weighted by molar-refractivity contribution is 6.30. The number of aromatic nitrogens is 2. The van der Waals surface area contributed by atoms with Crippen molar-refractivity contribution in [3.8, 4) is 11.5 Å². The fraction of sp³-hybridized carbons (Fsp3) is 0.286. The Morgan fingerprint density at radius 2 is 1.79 bits per heavy atom. The van der Waals surface area contributed by atoms with Crippen molar-refractivity contribution in [2.45, 2.75) is 18.5 Å². The number of hydrogen-bond donors (Lipinski definition) is 0. The van der Waals surface area contributed by atoms with E-state index in [9.17, 15) is 18.0 Å². The van der Waals surface area contributed by atoms with Gasteiger partial charge in [0.15, 0.2) is 11.5 Å². The van der Waals surface area contributed by atoms with Gasteiger partial charge in [0, 0.05) is 56.6 Å². The van der Waals surface area contributed by atoms with Crippen LogP contribution in [0.15, 0.2) is 67.0 Å². The lowest BCUT2D eigenvalue weighted by Crippen LogP contribution is -2.49. The van der Waals surface area contributed by atoms with Gasteiger partial charge in [-0.1, -0.05) is 23.7 Å². The predicted molar refractivity (Wildman–Crippen MR) is 139 cm³/mol. The van der Waals surface area contributed by atoms with Gasteiger partial charge in [-0.2, -0.15) is 13.2 Å². The van der Waals surface area contributed by atoms with E-state index in [1.165, 1.54) is 6.07 Å². The second kappa shape index (κ2) is 10.00. The van der Waals surface area contributed by atoms with Crippen molar-refractivity contribution in [1.82, 2.24) is 14.3 Å². The molecule has 39 heavy (non-hydrogen) atoms. The Morgan fingerprint density at radius 3 is 2.59 bits per heavy atom. The van der Waals surface area contributed by atoms with Crippen molar-refractivity contribution >= 4 is 28.8 Å². The van der Waals surface area contributed by atoms with Gasteiger partial charge in [0.1, 0.15) is 5.65 Å². The molecular weight excluding hydrogens is 533 g/mol. The molecule has 2 aliphatic rings. The van der Waals surface area contributed by atoms with E-state index in [0.717, 1.165) is 23.4 Å². The number of alkyl halides is 3. The maximum absolute atomic E-state index is 13.6. The first kappa shape index (κ1) is 25.4. The number of imidazole rings is 1. The molecule has 1 amide bonds. The van der Waals surface area contributed by atoms with Crippen molar-refractivity contribution in [1.29, 1.82) is 0 Å². The Kier molecular flexibility index (Phi) is 6.50. The first-order chi connectivity index (χ1) is 18.8. The van der Waals surface area contributed by atoms with Crippen LogP contribution in [-0.2, 0) is 11.0 Å². The highest BCUT2D eigenvalue weighted by Gasteiger charge is 2.32. The second-order valence-corrected chi connectivity index (χ2v) is 9.98. The number of carbonyl (C=O) groups excluding carboxylic acids is 1. The van der Waals surface area contributed by atoms with Gasteiger partial charge < -0.3 is 23.7 Å². The van der Waals surface area contributed by atoms with E-state index in [-0.39, 0.29) is 25.0 Å². The quantitative estimate of drug-likeness (QED) is 0.320. The minimum Gasteiger partial charge on any atom is -0.454 e. The van der Waals surface area contributed by atoms with E-state index in [0.29, 0.717) is 54.0 Å². The number of piperazine rings is 1. The second-order valence-electron chi connectivity index (χ2n) is 9.54. The number of pyridine rings is 1. The summed E-state index contributed by atoms with van der Waals surface area (Å²) in [5.74, 6) is 0.863. The van der Waals surface area contributed by atoms with Crippen LogP contribution >= 0.6 is 11.6 Å². The standard InChI is InChI=1S/C28H24ClF3N4O3/c29-20-5-7-26-33-15-23(36(26)16-20)22(18-4-6-24-25(12-18)39-17-38-24)14-27(37)35-10-8-34(9-11-35)21-3-1-2-19(13-21)28(30,31)32/h1-7,12-13,15-16,22H,8-11,14,17H2. The average Bonchev–Trinajstić information content (AvgIpc) is 3.58. The number of nitrogens with zero attached hydrogens (tertiary/aromatic N) is 4. The highest BCUT2D eigenvalue weighted by Crippen LogP contribution is 2.38. The molecule has 1 fully saturated rings. The molecule has 1 unspecified atom stereocenters. The van der Waals surface area contributed by atoms with Gasteiger partial charge in [-0.15, -0.1) is 0 Å². The lowest BCUT2D eigenvalue weighted by Gasteiger charge is -2.37. The van der Waals surface area contributed by atoms with Crippen molar-refractivity contribution < 1.29 is 27.4 Å². The van der Waals surface area contributed by atoms with Gasteiger partial charge >= 0.3 is 6.18 Å². The zero-order valence-corrected chi connectivity index (χ0v) is 21.5. The predicted octanol–water partition coefficient (Wildman–Crippen LogP) is 5.61. The lowest BCUT2D eigenvalue weighted by molar-refractivity contribution is -0.137. The molecular formula is C28H24ClF3N4O3. The van der Waals surface area contributed by atoms with E-state index >= 15 is 0 Å². The maximum Gasteiger partial charge on any atom is 0.416 e. The number of amides is 1. The smallest absolute Gasteiger partial charge is 0.416 e. The zero-order chi connectivity index (χ0) is 27.1. The van der Waals surface area contributed by atoms with Gasteiger partial charge in [-0.05, 0) is 48.0 Å². The molecule has 11 heteroatoms. The van der Waals surface area contributed by atoms with Crippen LogP contribution in [-0.4, -0.2) is 53.2 Å². The number of fused-ring (bicyclic) bond motifs is 2. The number of carbonyl (C=O) groups is 1. The molecule has 1 atom stereocenters. The number of anilines is 1. The van der Waals surface area contributed by atoms with E-state index in [1.54, 1.807) is 29.4 Å². The summed E-state index contributed by atoms with van der Waals surface area (Å²) in [6.07, 6.45) is -0.708. The molecule has 4 aromatic rings. The molecule has 0 radical (unpaired) electrons. The third-order valence-corrected chi connectivity index (χ3v) is 7.43. The minimum absolute atomic E-state index is 0.0571. The molecule has 0 N–H and O–H groups in total. The molecule has 1 saturated heterocycles. The monoisotopic (exact) mass is 556 g/mol. The first-order valence-electron chi connectivity index (χ1n) is 12.5. The van der Waals surface area contributed by atoms with Crippen LogP contribution in [0.2, 0.25) is 5.02 Å². The summed E-state index contributed by atoms with van der Waals surface area (Å²) in [4.78, 5) is 21.7. The van der Waals surface area contributed by atoms with Crippen LogP contribution < -0.4 is 14.4 Å². The molecule has 202 valence electrons. The highest BCUT2D eigenvalue weighted by atomic mass is 35.5. The molecule has 2 aliphatic heterocycles. The maximum atomic E-state index is 13.6. The molecule has 0 saturated carbocycles. The molecule has 2 aromatic heterocycles. The van der Waals surface area contributed by atoms with Crippen molar-refractivity contribution in [3.63, 3.8) is 0 Å². The van der Waals surface area contributed by atoms with E-state index < -0.39 is 11.7 Å². The Labute approximate surface area is 227 Å². The Balaban J connectivity index is 1.23. The largest absolute Gasteiger partial charge is 0.454 e. The van der Waals surface area contributed by atoms with Crippen molar-refractivity contribution in [2.75, 3.05) is 37.9 Å². The third-order valence-electron chi connectivity index (χ3n) is 7.20.